The molecule has 0 saturated heterocycles. The van der Waals surface area contributed by atoms with Crippen LogP contribution in [0.25, 0.3) is 11.1 Å². The fourth-order valence-corrected chi connectivity index (χ4v) is 4.56. The predicted octanol–water partition coefficient (Wildman–Crippen LogP) is 6.27. The van der Waals surface area contributed by atoms with Crippen LogP contribution in [-0.4, -0.2) is 42.6 Å². The molecule has 190 valence electrons. The summed E-state index contributed by atoms with van der Waals surface area (Å²) in [5.74, 6) is 1.04. The maximum absolute atomic E-state index is 12.2. The fourth-order valence-electron chi connectivity index (χ4n) is 3.59. The Morgan fingerprint density at radius 1 is 0.972 bits per heavy atom. The first-order valence-corrected chi connectivity index (χ1v) is 13.0. The lowest BCUT2D eigenvalue weighted by Crippen LogP contribution is -2.25. The van der Waals surface area contributed by atoms with E-state index in [1.165, 1.54) is 10.5 Å². The van der Waals surface area contributed by atoms with Gasteiger partial charge in [0.15, 0.2) is 0 Å². The van der Waals surface area contributed by atoms with Crippen molar-refractivity contribution in [1.29, 1.82) is 0 Å². The number of rotatable bonds is 14. The van der Waals surface area contributed by atoms with Crippen molar-refractivity contribution in [2.24, 2.45) is 5.92 Å². The number of aryl methyl sites for hydroxylation is 1. The summed E-state index contributed by atoms with van der Waals surface area (Å²) < 4.78 is 17.5. The first-order chi connectivity index (χ1) is 17.4. The number of ether oxygens (including phenoxy) is 1. The van der Waals surface area contributed by atoms with Crippen molar-refractivity contribution in [3.05, 3.63) is 83.9 Å². The van der Waals surface area contributed by atoms with Gasteiger partial charge < -0.3 is 15.2 Å². The molecule has 2 N–H and O–H groups in total. The summed E-state index contributed by atoms with van der Waals surface area (Å²) in [4.78, 5) is 23.8. The number of carboxylic acids is 1. The molecule has 3 aromatic rings. The number of amides is 1. The molecule has 0 heterocycles. The van der Waals surface area contributed by atoms with E-state index >= 15 is 0 Å². The van der Waals surface area contributed by atoms with E-state index in [1.54, 1.807) is 12.1 Å². The number of carboxylic acid groups (broad SMARTS) is 1. The molecule has 0 aromatic heterocycles. The highest BCUT2D eigenvalue weighted by molar-refractivity contribution is 7.99. The lowest BCUT2D eigenvalue weighted by molar-refractivity contribution is -0.136. The Bertz CT molecular complexity index is 1100. The van der Waals surface area contributed by atoms with Crippen molar-refractivity contribution >= 4 is 23.6 Å². The Labute approximate surface area is 216 Å². The van der Waals surface area contributed by atoms with E-state index in [-0.39, 0.29) is 25.5 Å². The van der Waals surface area contributed by atoms with Crippen LogP contribution < -0.4 is 10.1 Å². The quantitative estimate of drug-likeness (QED) is 0.251. The molecule has 0 bridgehead atoms. The summed E-state index contributed by atoms with van der Waals surface area (Å²) in [5, 5.41) is 11.3. The molecule has 0 fully saturated rings. The average Bonchev–Trinajstić information content (AvgIpc) is 2.90. The van der Waals surface area contributed by atoms with Gasteiger partial charge in [0.2, 0.25) is 0 Å². The van der Waals surface area contributed by atoms with Gasteiger partial charge in [0.05, 0.1) is 6.42 Å². The molecular weight excluding hydrogens is 477 g/mol. The highest BCUT2D eigenvalue weighted by Gasteiger charge is 2.08. The van der Waals surface area contributed by atoms with Crippen LogP contribution in [-0.2, 0) is 11.2 Å². The van der Waals surface area contributed by atoms with E-state index < -0.39 is 12.6 Å². The topological polar surface area (TPSA) is 75.6 Å². The SMILES string of the molecule is CC(CCc1ccc(C(=O)NCCC(=O)O)cc1)CSc1ccc(-c2ccc(OCCF)cc2)cc1. The Balaban J connectivity index is 1.40. The van der Waals surface area contributed by atoms with Crippen molar-refractivity contribution in [3.8, 4) is 16.9 Å². The van der Waals surface area contributed by atoms with Crippen LogP contribution in [0.2, 0.25) is 0 Å². The summed E-state index contributed by atoms with van der Waals surface area (Å²) >= 11 is 1.84. The first kappa shape index (κ1) is 27.3. The van der Waals surface area contributed by atoms with Crippen molar-refractivity contribution in [3.63, 3.8) is 0 Å². The Kier molecular flexibility index (Phi) is 10.8. The summed E-state index contributed by atoms with van der Waals surface area (Å²) in [5.41, 5.74) is 3.94. The fraction of sp³-hybridized carbons (Fsp3) is 0.310. The van der Waals surface area contributed by atoms with Crippen molar-refractivity contribution < 1.29 is 23.8 Å². The third-order valence-electron chi connectivity index (χ3n) is 5.69. The zero-order valence-corrected chi connectivity index (χ0v) is 21.2. The van der Waals surface area contributed by atoms with E-state index in [1.807, 2.05) is 48.2 Å². The Morgan fingerprint density at radius 2 is 1.61 bits per heavy atom. The molecule has 1 atom stereocenters. The highest BCUT2D eigenvalue weighted by atomic mass is 32.2. The number of carbonyl (C=O) groups is 2. The van der Waals surface area contributed by atoms with Crippen molar-refractivity contribution in [2.45, 2.75) is 31.1 Å². The molecule has 5 nitrogen and oxygen atoms in total. The van der Waals surface area contributed by atoms with Gasteiger partial charge in [-0.05, 0) is 71.8 Å². The van der Waals surface area contributed by atoms with Crippen LogP contribution in [0.15, 0.2) is 77.7 Å². The van der Waals surface area contributed by atoms with Crippen LogP contribution in [0.1, 0.15) is 35.7 Å². The van der Waals surface area contributed by atoms with Gasteiger partial charge in [-0.1, -0.05) is 43.3 Å². The third-order valence-corrected chi connectivity index (χ3v) is 7.03. The molecule has 0 aliphatic rings. The number of nitrogens with one attached hydrogen (secondary N) is 1. The van der Waals surface area contributed by atoms with E-state index in [2.05, 4.69) is 36.5 Å². The van der Waals surface area contributed by atoms with Crippen LogP contribution in [0.4, 0.5) is 4.39 Å². The molecule has 3 aromatic carbocycles. The van der Waals surface area contributed by atoms with Crippen LogP contribution in [0.5, 0.6) is 5.75 Å². The van der Waals surface area contributed by atoms with Gasteiger partial charge in [0.25, 0.3) is 5.91 Å². The van der Waals surface area contributed by atoms with Gasteiger partial charge in [-0.3, -0.25) is 9.59 Å². The van der Waals surface area contributed by atoms with Gasteiger partial charge in [-0.2, -0.15) is 0 Å². The van der Waals surface area contributed by atoms with E-state index in [0.717, 1.165) is 29.7 Å². The number of carbonyl (C=O) groups excluding carboxylic acids is 1. The second-order valence-corrected chi connectivity index (χ2v) is 9.73. The standard InChI is InChI=1S/C29H32FNO4S/c1-21(2-3-22-4-6-25(7-5-22)29(34)31-18-16-28(32)33)20-36-27-14-10-24(11-15-27)23-8-12-26(13-9-23)35-19-17-30/h4-15,21H,2-3,16-20H2,1H3,(H,31,34)(H,32,33). The minimum absolute atomic E-state index is 0.0757. The number of aliphatic carboxylic acids is 1. The second kappa shape index (κ2) is 14.3. The molecule has 1 amide bonds. The van der Waals surface area contributed by atoms with E-state index in [0.29, 0.717) is 17.2 Å². The molecule has 36 heavy (non-hydrogen) atoms. The van der Waals surface area contributed by atoms with Gasteiger partial charge in [-0.15, -0.1) is 11.8 Å². The van der Waals surface area contributed by atoms with Crippen LogP contribution in [0, 0.1) is 5.92 Å². The summed E-state index contributed by atoms with van der Waals surface area (Å²) in [7, 11) is 0. The van der Waals surface area contributed by atoms with Crippen molar-refractivity contribution in [2.75, 3.05) is 25.6 Å². The second-order valence-electron chi connectivity index (χ2n) is 8.64. The molecule has 0 aliphatic heterocycles. The number of hydrogen-bond donors (Lipinski definition) is 2. The molecule has 0 radical (unpaired) electrons. The molecule has 0 spiro atoms. The predicted molar refractivity (Wildman–Crippen MR) is 143 cm³/mol. The zero-order chi connectivity index (χ0) is 25.8. The molecule has 0 saturated carbocycles. The third kappa shape index (κ3) is 9.04. The highest BCUT2D eigenvalue weighted by Crippen LogP contribution is 2.27. The maximum atomic E-state index is 12.2. The van der Waals surface area contributed by atoms with Crippen LogP contribution >= 0.6 is 11.8 Å². The van der Waals surface area contributed by atoms with Gasteiger partial charge >= 0.3 is 5.97 Å². The zero-order valence-electron chi connectivity index (χ0n) is 20.4. The summed E-state index contributed by atoms with van der Waals surface area (Å²) in [6, 6.07) is 23.7. The number of alkyl halides is 1. The van der Waals surface area contributed by atoms with Crippen molar-refractivity contribution in [1.82, 2.24) is 5.32 Å². The lowest BCUT2D eigenvalue weighted by Gasteiger charge is -2.12. The monoisotopic (exact) mass is 509 g/mol. The minimum atomic E-state index is -0.931. The Morgan fingerprint density at radius 3 is 2.22 bits per heavy atom. The average molecular weight is 510 g/mol. The first-order valence-electron chi connectivity index (χ1n) is 12.1. The molecule has 7 heteroatoms. The summed E-state index contributed by atoms with van der Waals surface area (Å²) in [6.07, 6.45) is 1.90. The number of halogens is 1. The molecule has 3 rings (SSSR count). The minimum Gasteiger partial charge on any atom is -0.491 e. The molecular formula is C29H32FNO4S. The van der Waals surface area contributed by atoms with Gasteiger partial charge in [-0.25, -0.2) is 4.39 Å². The van der Waals surface area contributed by atoms with Crippen LogP contribution in [0.3, 0.4) is 0 Å². The van der Waals surface area contributed by atoms with E-state index in [4.69, 9.17) is 9.84 Å². The largest absolute Gasteiger partial charge is 0.491 e. The maximum Gasteiger partial charge on any atom is 0.305 e. The van der Waals surface area contributed by atoms with E-state index in [9.17, 15) is 14.0 Å². The number of thioether (sulfide) groups is 1. The summed E-state index contributed by atoms with van der Waals surface area (Å²) in [6.45, 7) is 1.95. The Hall–Kier alpha value is -3.32. The molecule has 0 aliphatic carbocycles. The lowest BCUT2D eigenvalue weighted by atomic mass is 10.0. The number of hydrogen-bond acceptors (Lipinski definition) is 4. The number of benzene rings is 3. The molecule has 1 unspecified atom stereocenters. The van der Waals surface area contributed by atoms with Gasteiger partial charge in [0.1, 0.15) is 19.0 Å². The normalized spacial score (nSPS) is 11.6. The smallest absolute Gasteiger partial charge is 0.305 e. The van der Waals surface area contributed by atoms with Gasteiger partial charge in [0, 0.05) is 22.8 Å².